The number of fused-ring (bicyclic) bond motifs is 5. The van der Waals surface area contributed by atoms with E-state index in [4.69, 9.17) is 18.9 Å². The number of nitrogens with zero attached hydrogens (tertiary/aromatic N) is 2. The second-order valence-corrected chi connectivity index (χ2v) is 8.82. The number of rotatable bonds is 6. The lowest BCUT2D eigenvalue weighted by molar-refractivity contribution is -0.122. The Hall–Kier alpha value is -3.74. The van der Waals surface area contributed by atoms with E-state index in [9.17, 15) is 4.79 Å². The maximum atomic E-state index is 14.3. The van der Waals surface area contributed by atoms with Crippen LogP contribution in [0.25, 0.3) is 11.1 Å². The number of benzene rings is 2. The van der Waals surface area contributed by atoms with E-state index >= 15 is 0 Å². The summed E-state index contributed by atoms with van der Waals surface area (Å²) in [7, 11) is 1.61. The SMILES string of the molecule is CCCCCN1C(=O)C2(COc3cc4c(cc32)OCO4)c2c(-c3cccnc3OC)cccc21. The first kappa shape index (κ1) is 20.8. The molecule has 0 bridgehead atoms. The fourth-order valence-corrected chi connectivity index (χ4v) is 5.41. The van der Waals surface area contributed by atoms with Crippen molar-refractivity contribution < 1.29 is 23.7 Å². The van der Waals surface area contributed by atoms with Crippen LogP contribution in [0.15, 0.2) is 48.7 Å². The van der Waals surface area contributed by atoms with Gasteiger partial charge >= 0.3 is 0 Å². The molecule has 7 nitrogen and oxygen atoms in total. The molecule has 3 aromatic rings. The lowest BCUT2D eigenvalue weighted by Gasteiger charge is -2.24. The smallest absolute Gasteiger partial charge is 0.245 e. The van der Waals surface area contributed by atoms with Gasteiger partial charge in [-0.1, -0.05) is 31.9 Å². The molecule has 0 saturated heterocycles. The van der Waals surface area contributed by atoms with Gasteiger partial charge in [-0.05, 0) is 36.2 Å². The Kier molecular flexibility index (Phi) is 4.86. The molecular weight excluding hydrogens is 432 g/mol. The summed E-state index contributed by atoms with van der Waals surface area (Å²) in [6, 6.07) is 13.7. The number of anilines is 1. The molecule has 0 radical (unpaired) electrons. The highest BCUT2D eigenvalue weighted by atomic mass is 16.7. The molecule has 3 aliphatic heterocycles. The van der Waals surface area contributed by atoms with Crippen molar-refractivity contribution >= 4 is 11.6 Å². The molecule has 1 amide bonds. The highest BCUT2D eigenvalue weighted by Gasteiger charge is 2.58. The summed E-state index contributed by atoms with van der Waals surface area (Å²) in [6.07, 6.45) is 4.79. The van der Waals surface area contributed by atoms with Gasteiger partial charge in [0.05, 0.1) is 7.11 Å². The zero-order valence-electron chi connectivity index (χ0n) is 19.3. The Morgan fingerprint density at radius 1 is 1.03 bits per heavy atom. The first-order chi connectivity index (χ1) is 16.7. The number of aromatic nitrogens is 1. The van der Waals surface area contributed by atoms with E-state index in [0.717, 1.165) is 47.2 Å². The van der Waals surface area contributed by atoms with Gasteiger partial charge in [0.25, 0.3) is 0 Å². The Morgan fingerprint density at radius 2 is 1.85 bits per heavy atom. The van der Waals surface area contributed by atoms with Crippen LogP contribution in [0.4, 0.5) is 5.69 Å². The van der Waals surface area contributed by atoms with Crippen LogP contribution in [0, 0.1) is 0 Å². The first-order valence-corrected chi connectivity index (χ1v) is 11.7. The fourth-order valence-electron chi connectivity index (χ4n) is 5.41. The van der Waals surface area contributed by atoms with Crippen molar-refractivity contribution in [1.29, 1.82) is 0 Å². The van der Waals surface area contributed by atoms with Crippen LogP contribution in [0.3, 0.4) is 0 Å². The van der Waals surface area contributed by atoms with E-state index in [1.807, 2.05) is 47.4 Å². The van der Waals surface area contributed by atoms with Crippen LogP contribution < -0.4 is 23.8 Å². The summed E-state index contributed by atoms with van der Waals surface area (Å²) >= 11 is 0. The molecule has 7 heteroatoms. The summed E-state index contributed by atoms with van der Waals surface area (Å²) < 4.78 is 23.0. The monoisotopic (exact) mass is 458 g/mol. The second kappa shape index (κ2) is 7.94. The number of ether oxygens (including phenoxy) is 4. The van der Waals surface area contributed by atoms with Crippen LogP contribution in [0.2, 0.25) is 0 Å². The highest BCUT2D eigenvalue weighted by molar-refractivity contribution is 6.13. The van der Waals surface area contributed by atoms with E-state index in [2.05, 4.69) is 11.9 Å². The van der Waals surface area contributed by atoms with Crippen LogP contribution >= 0.6 is 0 Å². The summed E-state index contributed by atoms with van der Waals surface area (Å²) in [5, 5.41) is 0. The predicted molar refractivity (Wildman–Crippen MR) is 127 cm³/mol. The average Bonchev–Trinajstić information content (AvgIpc) is 3.54. The van der Waals surface area contributed by atoms with E-state index in [1.54, 1.807) is 13.3 Å². The standard InChI is InChI=1S/C27H26N2O5/c1-3-4-5-12-29-20-10-6-8-17(18-9-7-11-28-25(18)31-2)24(20)27(26(29)30)15-32-21-14-23-22(13-19(21)27)33-16-34-23/h6-11,13-14H,3-5,12,15-16H2,1-2H3. The number of hydrogen-bond acceptors (Lipinski definition) is 6. The maximum absolute atomic E-state index is 14.3. The zero-order valence-corrected chi connectivity index (χ0v) is 19.3. The summed E-state index contributed by atoms with van der Waals surface area (Å²) in [6.45, 7) is 3.21. The molecule has 1 aromatic heterocycles. The van der Waals surface area contributed by atoms with Gasteiger partial charge in [-0.3, -0.25) is 4.79 Å². The van der Waals surface area contributed by atoms with Crippen molar-refractivity contribution in [3.63, 3.8) is 0 Å². The van der Waals surface area contributed by atoms with Crippen LogP contribution in [-0.2, 0) is 10.2 Å². The number of carbonyl (C=O) groups excluding carboxylic acids is 1. The van der Waals surface area contributed by atoms with Crippen LogP contribution in [-0.4, -0.2) is 37.9 Å². The number of unbranched alkanes of at least 4 members (excludes halogenated alkanes) is 2. The average molecular weight is 459 g/mol. The molecule has 0 N–H and O–H groups in total. The van der Waals surface area contributed by atoms with Crippen molar-refractivity contribution in [1.82, 2.24) is 4.98 Å². The third-order valence-corrected chi connectivity index (χ3v) is 6.99. The van der Waals surface area contributed by atoms with Crippen molar-refractivity contribution in [3.8, 4) is 34.3 Å². The van der Waals surface area contributed by atoms with Gasteiger partial charge in [-0.15, -0.1) is 0 Å². The van der Waals surface area contributed by atoms with Crippen molar-refractivity contribution in [2.45, 2.75) is 31.6 Å². The molecule has 6 rings (SSSR count). The molecule has 2 aromatic carbocycles. The number of hydrogen-bond donors (Lipinski definition) is 0. The second-order valence-electron chi connectivity index (χ2n) is 8.82. The molecule has 0 fully saturated rings. The van der Waals surface area contributed by atoms with E-state index < -0.39 is 5.41 Å². The van der Waals surface area contributed by atoms with Gasteiger partial charge in [0.15, 0.2) is 11.5 Å². The van der Waals surface area contributed by atoms with Crippen molar-refractivity contribution in [2.24, 2.45) is 0 Å². The molecule has 1 unspecified atom stereocenters. The minimum atomic E-state index is -0.977. The molecule has 1 spiro atoms. The quantitative estimate of drug-likeness (QED) is 0.499. The van der Waals surface area contributed by atoms with Gasteiger partial charge < -0.3 is 23.8 Å². The normalized spacial score (nSPS) is 19.4. The molecule has 34 heavy (non-hydrogen) atoms. The molecule has 0 saturated carbocycles. The van der Waals surface area contributed by atoms with Gasteiger partial charge in [0.1, 0.15) is 17.8 Å². The lowest BCUT2D eigenvalue weighted by Crippen LogP contribution is -2.43. The molecule has 0 aliphatic carbocycles. The number of amides is 1. The number of carbonyl (C=O) groups is 1. The van der Waals surface area contributed by atoms with E-state index in [1.165, 1.54) is 0 Å². The fraction of sp³-hybridized carbons (Fsp3) is 0.333. The summed E-state index contributed by atoms with van der Waals surface area (Å²) in [5.74, 6) is 2.49. The van der Waals surface area contributed by atoms with Crippen LogP contribution in [0.5, 0.6) is 23.1 Å². The molecule has 3 aliphatic rings. The number of pyridine rings is 1. The largest absolute Gasteiger partial charge is 0.491 e. The van der Waals surface area contributed by atoms with Gasteiger partial charge in [0.2, 0.25) is 18.6 Å². The van der Waals surface area contributed by atoms with Gasteiger partial charge in [-0.25, -0.2) is 4.98 Å². The third kappa shape index (κ3) is 2.82. The Labute approximate surface area is 198 Å². The molecule has 1 atom stereocenters. The lowest BCUT2D eigenvalue weighted by atomic mass is 9.74. The van der Waals surface area contributed by atoms with Crippen LogP contribution in [0.1, 0.15) is 37.3 Å². The summed E-state index contributed by atoms with van der Waals surface area (Å²) in [4.78, 5) is 20.7. The topological polar surface area (TPSA) is 70.1 Å². The Bertz CT molecular complexity index is 1290. The van der Waals surface area contributed by atoms with Gasteiger partial charge in [-0.2, -0.15) is 0 Å². The summed E-state index contributed by atoms with van der Waals surface area (Å²) in [5.41, 5.74) is 3.45. The maximum Gasteiger partial charge on any atom is 0.245 e. The Balaban J connectivity index is 1.60. The molecule has 4 heterocycles. The van der Waals surface area contributed by atoms with Crippen molar-refractivity contribution in [3.05, 3.63) is 59.8 Å². The molecular formula is C27H26N2O5. The third-order valence-electron chi connectivity index (χ3n) is 6.99. The zero-order chi connectivity index (χ0) is 23.3. The predicted octanol–water partition coefficient (Wildman–Crippen LogP) is 4.70. The van der Waals surface area contributed by atoms with E-state index in [-0.39, 0.29) is 19.3 Å². The van der Waals surface area contributed by atoms with Gasteiger partial charge in [0, 0.05) is 41.2 Å². The highest BCUT2D eigenvalue weighted by Crippen LogP contribution is 2.57. The number of methoxy groups -OCH3 is 1. The van der Waals surface area contributed by atoms with E-state index in [0.29, 0.717) is 29.7 Å². The minimum Gasteiger partial charge on any atom is -0.491 e. The minimum absolute atomic E-state index is 0.0338. The van der Waals surface area contributed by atoms with Crippen molar-refractivity contribution in [2.75, 3.05) is 32.0 Å². The first-order valence-electron chi connectivity index (χ1n) is 11.7. The molecule has 174 valence electrons. The Morgan fingerprint density at radius 3 is 2.68 bits per heavy atom.